The second-order valence-corrected chi connectivity index (χ2v) is 5.20. The molecule has 0 unspecified atom stereocenters. The molecule has 1 N–H and O–H groups in total. The molecular formula is C17H22N2O3. The molecule has 0 fully saturated rings. The van der Waals surface area contributed by atoms with E-state index in [2.05, 4.69) is 5.32 Å². The topological polar surface area (TPSA) is 60.3 Å². The summed E-state index contributed by atoms with van der Waals surface area (Å²) in [6.07, 6.45) is 1.64. The summed E-state index contributed by atoms with van der Waals surface area (Å²) in [6.45, 7) is 5.09. The Morgan fingerprint density at radius 2 is 2.00 bits per heavy atom. The van der Waals surface area contributed by atoms with Crippen LogP contribution >= 0.6 is 0 Å². The van der Waals surface area contributed by atoms with Crippen molar-refractivity contribution in [2.75, 3.05) is 13.7 Å². The fourth-order valence-corrected chi connectivity index (χ4v) is 2.42. The summed E-state index contributed by atoms with van der Waals surface area (Å²) < 4.78 is 6.75. The highest BCUT2D eigenvalue weighted by Crippen LogP contribution is 2.19. The summed E-state index contributed by atoms with van der Waals surface area (Å²) in [4.78, 5) is 25.0. The molecule has 1 aromatic heterocycles. The minimum absolute atomic E-state index is 0.136. The van der Waals surface area contributed by atoms with Gasteiger partial charge >= 0.3 is 0 Å². The lowest BCUT2D eigenvalue weighted by Crippen LogP contribution is -2.32. The Balaban J connectivity index is 2.63. The Labute approximate surface area is 129 Å². The molecule has 2 aromatic rings. The zero-order chi connectivity index (χ0) is 16.1. The van der Waals surface area contributed by atoms with Crippen LogP contribution in [0.3, 0.4) is 0 Å². The van der Waals surface area contributed by atoms with Gasteiger partial charge in [0.1, 0.15) is 11.4 Å². The molecule has 5 nitrogen and oxygen atoms in total. The lowest BCUT2D eigenvalue weighted by atomic mass is 10.1. The molecule has 0 saturated carbocycles. The van der Waals surface area contributed by atoms with E-state index in [-0.39, 0.29) is 11.5 Å². The normalized spacial score (nSPS) is 10.7. The fourth-order valence-electron chi connectivity index (χ4n) is 2.42. The maximum absolute atomic E-state index is 12.7. The monoisotopic (exact) mass is 302 g/mol. The average Bonchev–Trinajstić information content (AvgIpc) is 2.54. The summed E-state index contributed by atoms with van der Waals surface area (Å²) in [5, 5.41) is 4.16. The van der Waals surface area contributed by atoms with Crippen molar-refractivity contribution in [1.82, 2.24) is 9.88 Å². The van der Waals surface area contributed by atoms with E-state index in [0.29, 0.717) is 29.9 Å². The molecule has 2 rings (SSSR count). The lowest BCUT2D eigenvalue weighted by molar-refractivity contribution is 0.0943. The molecule has 118 valence electrons. The van der Waals surface area contributed by atoms with Crippen LogP contribution in [0.5, 0.6) is 5.75 Å². The van der Waals surface area contributed by atoms with E-state index in [4.69, 9.17) is 4.74 Å². The molecule has 0 spiro atoms. The van der Waals surface area contributed by atoms with Crippen LogP contribution in [0.2, 0.25) is 0 Å². The van der Waals surface area contributed by atoms with Gasteiger partial charge in [0.05, 0.1) is 7.11 Å². The maximum Gasteiger partial charge on any atom is 0.268 e. The number of rotatable bonds is 6. The summed E-state index contributed by atoms with van der Waals surface area (Å²) in [5.74, 6) is 0.456. The zero-order valence-electron chi connectivity index (χ0n) is 13.3. The molecular weight excluding hydrogens is 280 g/mol. The van der Waals surface area contributed by atoms with Gasteiger partial charge in [-0.25, -0.2) is 0 Å². The fraction of sp³-hybridized carbons (Fsp3) is 0.412. The average molecular weight is 302 g/mol. The number of hydrogen-bond acceptors (Lipinski definition) is 3. The molecule has 0 aliphatic carbocycles. The van der Waals surface area contributed by atoms with Crippen LogP contribution in [-0.4, -0.2) is 24.1 Å². The van der Waals surface area contributed by atoms with Crippen LogP contribution in [0.1, 0.15) is 37.2 Å². The second-order valence-electron chi connectivity index (χ2n) is 5.20. The Morgan fingerprint density at radius 3 is 2.64 bits per heavy atom. The molecule has 0 aliphatic heterocycles. The number of ether oxygens (including phenoxy) is 1. The number of carbonyl (C=O) groups excluding carboxylic acids is 1. The van der Waals surface area contributed by atoms with Crippen LogP contribution in [-0.2, 0) is 6.54 Å². The largest absolute Gasteiger partial charge is 0.497 e. The van der Waals surface area contributed by atoms with Crippen molar-refractivity contribution in [2.45, 2.75) is 33.2 Å². The third-order valence-electron chi connectivity index (χ3n) is 3.53. The first-order chi connectivity index (χ1) is 10.6. The number of carbonyl (C=O) groups is 1. The molecule has 0 bridgehead atoms. The zero-order valence-corrected chi connectivity index (χ0v) is 13.3. The minimum Gasteiger partial charge on any atom is -0.497 e. The summed E-state index contributed by atoms with van der Waals surface area (Å²) in [7, 11) is 1.58. The van der Waals surface area contributed by atoms with Crippen LogP contribution < -0.4 is 15.6 Å². The molecule has 1 aromatic carbocycles. The van der Waals surface area contributed by atoms with Gasteiger partial charge in [0.15, 0.2) is 0 Å². The van der Waals surface area contributed by atoms with Gasteiger partial charge in [0.25, 0.3) is 11.5 Å². The van der Waals surface area contributed by atoms with Gasteiger partial charge in [0, 0.05) is 18.5 Å². The van der Waals surface area contributed by atoms with Gasteiger partial charge in [-0.15, -0.1) is 0 Å². The van der Waals surface area contributed by atoms with Crippen molar-refractivity contribution in [2.24, 2.45) is 0 Å². The van der Waals surface area contributed by atoms with Gasteiger partial charge in [-0.2, -0.15) is 0 Å². The first-order valence-electron chi connectivity index (χ1n) is 7.62. The van der Waals surface area contributed by atoms with E-state index in [1.807, 2.05) is 13.8 Å². The standard InChI is InChI=1S/C17H22N2O3/c1-4-8-18-16(20)15-11-12-10-13(22-3)6-7-14(12)17(21)19(15)9-5-2/h6-7,10-11H,4-5,8-9H2,1-3H3,(H,18,20). The predicted molar refractivity (Wildman–Crippen MR) is 87.7 cm³/mol. The molecule has 0 aliphatic rings. The number of fused-ring (bicyclic) bond motifs is 1. The number of benzene rings is 1. The van der Waals surface area contributed by atoms with Gasteiger partial charge in [-0.1, -0.05) is 13.8 Å². The molecule has 5 heteroatoms. The predicted octanol–water partition coefficient (Wildman–Crippen LogP) is 2.56. The number of pyridine rings is 1. The highest BCUT2D eigenvalue weighted by atomic mass is 16.5. The van der Waals surface area contributed by atoms with Gasteiger partial charge in [-0.3, -0.25) is 9.59 Å². The highest BCUT2D eigenvalue weighted by Gasteiger charge is 2.15. The quantitative estimate of drug-likeness (QED) is 0.892. The number of methoxy groups -OCH3 is 1. The van der Waals surface area contributed by atoms with Crippen molar-refractivity contribution in [3.05, 3.63) is 40.3 Å². The van der Waals surface area contributed by atoms with E-state index in [1.54, 1.807) is 35.9 Å². The second kappa shape index (κ2) is 7.11. The Hall–Kier alpha value is -2.30. The molecule has 0 radical (unpaired) electrons. The Bertz CT molecular complexity index is 734. The van der Waals surface area contributed by atoms with Crippen LogP contribution in [0.4, 0.5) is 0 Å². The van der Waals surface area contributed by atoms with Crippen LogP contribution in [0, 0.1) is 0 Å². The SMILES string of the molecule is CCCNC(=O)c1cc2cc(OC)ccc2c(=O)n1CCC. The van der Waals surface area contributed by atoms with Gasteiger partial charge in [0.2, 0.25) is 0 Å². The molecule has 0 atom stereocenters. The summed E-state index contributed by atoms with van der Waals surface area (Å²) >= 11 is 0. The molecule has 22 heavy (non-hydrogen) atoms. The third-order valence-corrected chi connectivity index (χ3v) is 3.53. The highest BCUT2D eigenvalue weighted by molar-refractivity contribution is 5.97. The lowest BCUT2D eigenvalue weighted by Gasteiger charge is -2.14. The number of amides is 1. The van der Waals surface area contributed by atoms with Crippen molar-refractivity contribution >= 4 is 16.7 Å². The summed E-state index contributed by atoms with van der Waals surface area (Å²) in [5.41, 5.74) is 0.268. The number of hydrogen-bond donors (Lipinski definition) is 1. The van der Waals surface area contributed by atoms with Crippen molar-refractivity contribution in [3.8, 4) is 5.75 Å². The van der Waals surface area contributed by atoms with E-state index >= 15 is 0 Å². The maximum atomic E-state index is 12.7. The van der Waals surface area contributed by atoms with E-state index in [9.17, 15) is 9.59 Å². The van der Waals surface area contributed by atoms with Crippen LogP contribution in [0.15, 0.2) is 29.1 Å². The van der Waals surface area contributed by atoms with Crippen molar-refractivity contribution < 1.29 is 9.53 Å². The summed E-state index contributed by atoms with van der Waals surface area (Å²) in [6, 6.07) is 7.05. The van der Waals surface area contributed by atoms with E-state index in [1.165, 1.54) is 0 Å². The number of nitrogens with one attached hydrogen (secondary N) is 1. The number of nitrogens with zero attached hydrogens (tertiary/aromatic N) is 1. The number of aromatic nitrogens is 1. The van der Waals surface area contributed by atoms with Crippen molar-refractivity contribution in [1.29, 1.82) is 0 Å². The third kappa shape index (κ3) is 3.13. The Kier molecular flexibility index (Phi) is 5.20. The Morgan fingerprint density at radius 1 is 1.23 bits per heavy atom. The molecule has 1 heterocycles. The molecule has 1 amide bonds. The van der Waals surface area contributed by atoms with Crippen molar-refractivity contribution in [3.63, 3.8) is 0 Å². The first kappa shape index (κ1) is 16.1. The van der Waals surface area contributed by atoms with E-state index in [0.717, 1.165) is 18.2 Å². The van der Waals surface area contributed by atoms with E-state index < -0.39 is 0 Å². The minimum atomic E-state index is -0.211. The van der Waals surface area contributed by atoms with Crippen LogP contribution in [0.25, 0.3) is 10.8 Å². The van der Waals surface area contributed by atoms with Gasteiger partial charge in [-0.05, 0) is 42.5 Å². The first-order valence-corrected chi connectivity index (χ1v) is 7.62. The molecule has 0 saturated heterocycles. The van der Waals surface area contributed by atoms with Gasteiger partial charge < -0.3 is 14.6 Å². The smallest absolute Gasteiger partial charge is 0.268 e.